The predicted octanol–water partition coefficient (Wildman–Crippen LogP) is 2.64. The molecule has 0 atom stereocenters. The third-order valence-corrected chi connectivity index (χ3v) is 4.64. The van der Waals surface area contributed by atoms with E-state index >= 15 is 0 Å². The van der Waals surface area contributed by atoms with Crippen LogP contribution in [-0.2, 0) is 17.8 Å². The van der Waals surface area contributed by atoms with E-state index in [4.69, 9.17) is 0 Å². The van der Waals surface area contributed by atoms with E-state index in [1.165, 1.54) is 5.56 Å². The quantitative estimate of drug-likeness (QED) is 0.866. The normalized spacial score (nSPS) is 16.1. The topological polar surface area (TPSA) is 23.6 Å². The minimum atomic E-state index is 0.257. The van der Waals surface area contributed by atoms with Gasteiger partial charge in [0.25, 0.3) is 0 Å². The van der Waals surface area contributed by atoms with Crippen LogP contribution in [0.3, 0.4) is 0 Å². The van der Waals surface area contributed by atoms with Crippen LogP contribution in [0.25, 0.3) is 0 Å². The maximum atomic E-state index is 12.2. The van der Waals surface area contributed by atoms with Gasteiger partial charge in [-0.1, -0.05) is 30.3 Å². The molecule has 0 spiro atoms. The summed E-state index contributed by atoms with van der Waals surface area (Å²) in [7, 11) is 0. The van der Waals surface area contributed by atoms with E-state index in [1.54, 1.807) is 11.3 Å². The lowest BCUT2D eigenvalue weighted by atomic mass is 10.2. The fourth-order valence-electron chi connectivity index (χ4n) is 2.68. The SMILES string of the molecule is O=C(Cc1ccsc1)N1CCN(Cc2ccccc2)CC1. The third-order valence-electron chi connectivity index (χ3n) is 3.91. The second-order valence-corrected chi connectivity index (χ2v) is 6.23. The highest BCUT2D eigenvalue weighted by atomic mass is 32.1. The summed E-state index contributed by atoms with van der Waals surface area (Å²) in [5.41, 5.74) is 2.48. The van der Waals surface area contributed by atoms with Crippen LogP contribution in [0.1, 0.15) is 11.1 Å². The second-order valence-electron chi connectivity index (χ2n) is 5.45. The van der Waals surface area contributed by atoms with Crippen LogP contribution in [-0.4, -0.2) is 41.9 Å². The Hall–Kier alpha value is -1.65. The Morgan fingerprint density at radius 1 is 1.00 bits per heavy atom. The molecule has 110 valence electrons. The summed E-state index contributed by atoms with van der Waals surface area (Å²) in [6.45, 7) is 4.59. The molecule has 0 unspecified atom stereocenters. The monoisotopic (exact) mass is 300 g/mol. The van der Waals surface area contributed by atoms with Crippen molar-refractivity contribution < 1.29 is 4.79 Å². The van der Waals surface area contributed by atoms with Crippen molar-refractivity contribution in [3.63, 3.8) is 0 Å². The minimum Gasteiger partial charge on any atom is -0.340 e. The van der Waals surface area contributed by atoms with Crippen LogP contribution in [0.2, 0.25) is 0 Å². The van der Waals surface area contributed by atoms with Gasteiger partial charge in [-0.05, 0) is 28.0 Å². The molecular weight excluding hydrogens is 280 g/mol. The van der Waals surface area contributed by atoms with Crippen LogP contribution < -0.4 is 0 Å². The van der Waals surface area contributed by atoms with Crippen molar-refractivity contribution in [2.75, 3.05) is 26.2 Å². The summed E-state index contributed by atoms with van der Waals surface area (Å²) in [4.78, 5) is 16.7. The Labute approximate surface area is 129 Å². The fourth-order valence-corrected chi connectivity index (χ4v) is 3.35. The molecular formula is C17H20N2OS. The van der Waals surface area contributed by atoms with Gasteiger partial charge in [-0.2, -0.15) is 11.3 Å². The number of benzene rings is 1. The van der Waals surface area contributed by atoms with Gasteiger partial charge in [0.15, 0.2) is 0 Å². The predicted molar refractivity (Wildman–Crippen MR) is 86.3 cm³/mol. The molecule has 3 rings (SSSR count). The number of rotatable bonds is 4. The van der Waals surface area contributed by atoms with Crippen molar-refractivity contribution in [3.05, 3.63) is 58.3 Å². The summed E-state index contributed by atoms with van der Waals surface area (Å²) >= 11 is 1.65. The van der Waals surface area contributed by atoms with Gasteiger partial charge in [-0.3, -0.25) is 9.69 Å². The van der Waals surface area contributed by atoms with Crippen LogP contribution in [0, 0.1) is 0 Å². The molecule has 4 heteroatoms. The highest BCUT2D eigenvalue weighted by Crippen LogP contribution is 2.12. The van der Waals surface area contributed by atoms with Gasteiger partial charge in [0.1, 0.15) is 0 Å². The van der Waals surface area contributed by atoms with Crippen LogP contribution in [0.15, 0.2) is 47.2 Å². The van der Waals surface area contributed by atoms with E-state index in [0.29, 0.717) is 6.42 Å². The Kier molecular flexibility index (Phi) is 4.68. The Morgan fingerprint density at radius 3 is 2.43 bits per heavy atom. The lowest BCUT2D eigenvalue weighted by Gasteiger charge is -2.34. The summed E-state index contributed by atoms with van der Waals surface area (Å²) in [6.07, 6.45) is 0.544. The number of nitrogens with zero attached hydrogens (tertiary/aromatic N) is 2. The van der Waals surface area contributed by atoms with Crippen molar-refractivity contribution in [1.29, 1.82) is 0 Å². The Bertz CT molecular complexity index is 560. The van der Waals surface area contributed by atoms with Crippen LogP contribution in [0.5, 0.6) is 0 Å². The lowest BCUT2D eigenvalue weighted by Crippen LogP contribution is -2.48. The van der Waals surface area contributed by atoms with Gasteiger partial charge >= 0.3 is 0 Å². The number of carbonyl (C=O) groups excluding carboxylic acids is 1. The van der Waals surface area contributed by atoms with Crippen molar-refractivity contribution in [2.24, 2.45) is 0 Å². The molecule has 1 aromatic heterocycles. The summed E-state index contributed by atoms with van der Waals surface area (Å²) in [5.74, 6) is 0.257. The Morgan fingerprint density at radius 2 is 1.76 bits per heavy atom. The molecule has 0 radical (unpaired) electrons. The molecule has 21 heavy (non-hydrogen) atoms. The second kappa shape index (κ2) is 6.87. The van der Waals surface area contributed by atoms with E-state index in [1.807, 2.05) is 22.4 Å². The van der Waals surface area contributed by atoms with E-state index in [-0.39, 0.29) is 5.91 Å². The first-order valence-corrected chi connectivity index (χ1v) is 8.31. The highest BCUT2D eigenvalue weighted by molar-refractivity contribution is 7.07. The van der Waals surface area contributed by atoms with Gasteiger partial charge in [0, 0.05) is 32.7 Å². The zero-order chi connectivity index (χ0) is 14.5. The van der Waals surface area contributed by atoms with E-state index in [0.717, 1.165) is 38.3 Å². The molecule has 0 saturated carbocycles. The van der Waals surface area contributed by atoms with Gasteiger partial charge in [-0.25, -0.2) is 0 Å². The van der Waals surface area contributed by atoms with E-state index < -0.39 is 0 Å². The molecule has 1 fully saturated rings. The number of piperazine rings is 1. The molecule has 2 heterocycles. The fraction of sp³-hybridized carbons (Fsp3) is 0.353. The average molecular weight is 300 g/mol. The Balaban J connectivity index is 1.47. The van der Waals surface area contributed by atoms with Gasteiger partial charge in [0.05, 0.1) is 6.42 Å². The van der Waals surface area contributed by atoms with Crippen molar-refractivity contribution >= 4 is 17.2 Å². The van der Waals surface area contributed by atoms with E-state index in [2.05, 4.69) is 34.5 Å². The van der Waals surface area contributed by atoms with Crippen LogP contribution in [0.4, 0.5) is 0 Å². The molecule has 2 aromatic rings. The molecule has 0 N–H and O–H groups in total. The highest BCUT2D eigenvalue weighted by Gasteiger charge is 2.21. The van der Waals surface area contributed by atoms with Crippen LogP contribution >= 0.6 is 11.3 Å². The zero-order valence-electron chi connectivity index (χ0n) is 12.1. The largest absolute Gasteiger partial charge is 0.340 e. The third kappa shape index (κ3) is 3.93. The van der Waals surface area contributed by atoms with Gasteiger partial charge in [0.2, 0.25) is 5.91 Å². The summed E-state index contributed by atoms with van der Waals surface area (Å²) in [5, 5.41) is 4.09. The first-order chi connectivity index (χ1) is 10.3. The number of thiophene rings is 1. The van der Waals surface area contributed by atoms with Gasteiger partial charge in [-0.15, -0.1) is 0 Å². The summed E-state index contributed by atoms with van der Waals surface area (Å²) in [6, 6.07) is 12.6. The number of hydrogen-bond acceptors (Lipinski definition) is 3. The average Bonchev–Trinajstić information content (AvgIpc) is 3.02. The van der Waals surface area contributed by atoms with Crippen molar-refractivity contribution in [3.8, 4) is 0 Å². The van der Waals surface area contributed by atoms with E-state index in [9.17, 15) is 4.79 Å². The molecule has 1 aliphatic rings. The first-order valence-electron chi connectivity index (χ1n) is 7.36. The van der Waals surface area contributed by atoms with Crippen molar-refractivity contribution in [1.82, 2.24) is 9.80 Å². The van der Waals surface area contributed by atoms with Gasteiger partial charge < -0.3 is 4.90 Å². The number of amides is 1. The maximum absolute atomic E-state index is 12.2. The standard InChI is InChI=1S/C17H20N2OS/c20-17(12-16-6-11-21-14-16)19-9-7-18(8-10-19)13-15-4-2-1-3-5-15/h1-6,11,14H,7-10,12-13H2. The maximum Gasteiger partial charge on any atom is 0.227 e. The molecule has 1 aliphatic heterocycles. The molecule has 0 bridgehead atoms. The summed E-state index contributed by atoms with van der Waals surface area (Å²) < 4.78 is 0. The minimum absolute atomic E-state index is 0.257. The lowest BCUT2D eigenvalue weighted by molar-refractivity contribution is -0.132. The molecule has 3 nitrogen and oxygen atoms in total. The van der Waals surface area contributed by atoms with Crippen molar-refractivity contribution in [2.45, 2.75) is 13.0 Å². The molecule has 1 amide bonds. The zero-order valence-corrected chi connectivity index (χ0v) is 12.9. The smallest absolute Gasteiger partial charge is 0.227 e. The first kappa shape index (κ1) is 14.3. The molecule has 1 aromatic carbocycles. The number of hydrogen-bond donors (Lipinski definition) is 0. The molecule has 1 saturated heterocycles. The number of carbonyl (C=O) groups is 1. The molecule has 0 aliphatic carbocycles.